The molecule has 3 N–H and O–H groups in total. The first-order valence-electron chi connectivity index (χ1n) is 5.42. The molecule has 0 saturated carbocycles. The number of hydrogen-bond acceptors (Lipinski definition) is 3. The summed E-state index contributed by atoms with van der Waals surface area (Å²) in [6.07, 6.45) is 2.23. The molecule has 0 aromatic heterocycles. The van der Waals surface area contributed by atoms with Crippen molar-refractivity contribution in [1.29, 1.82) is 0 Å². The molecule has 1 heterocycles. The van der Waals surface area contributed by atoms with Gasteiger partial charge in [0.1, 0.15) is 0 Å². The molecule has 0 aliphatic carbocycles. The van der Waals surface area contributed by atoms with E-state index in [0.717, 1.165) is 45.6 Å². The van der Waals surface area contributed by atoms with E-state index in [-0.39, 0.29) is 5.54 Å². The maximum absolute atomic E-state index is 6.33. The second-order valence-corrected chi connectivity index (χ2v) is 4.07. The van der Waals surface area contributed by atoms with E-state index >= 15 is 0 Å². The number of piperidine rings is 1. The maximum Gasteiger partial charge on any atom is 0.0307 e. The van der Waals surface area contributed by atoms with E-state index in [1.807, 2.05) is 0 Å². The molecule has 0 amide bonds. The number of nitrogens with two attached hydrogens (primary N) is 1. The van der Waals surface area contributed by atoms with Gasteiger partial charge in [-0.05, 0) is 39.0 Å². The van der Waals surface area contributed by atoms with Crippen LogP contribution in [-0.4, -0.2) is 43.2 Å². The second-order valence-electron chi connectivity index (χ2n) is 4.07. The van der Waals surface area contributed by atoms with Crippen LogP contribution < -0.4 is 11.1 Å². The Morgan fingerprint density at radius 2 is 1.77 bits per heavy atom. The Hall–Kier alpha value is -0.120. The Balaban J connectivity index is 2.39. The quantitative estimate of drug-likeness (QED) is 0.666. The fraction of sp³-hybridized carbons (Fsp3) is 1.00. The van der Waals surface area contributed by atoms with Crippen LogP contribution in [0.3, 0.4) is 0 Å². The molecule has 3 heteroatoms. The molecule has 1 aliphatic heterocycles. The lowest BCUT2D eigenvalue weighted by Crippen LogP contribution is -2.55. The van der Waals surface area contributed by atoms with Crippen molar-refractivity contribution in [3.8, 4) is 0 Å². The summed E-state index contributed by atoms with van der Waals surface area (Å²) in [4.78, 5) is 2.42. The van der Waals surface area contributed by atoms with E-state index in [1.54, 1.807) is 0 Å². The highest BCUT2D eigenvalue weighted by atomic mass is 15.1. The van der Waals surface area contributed by atoms with Gasteiger partial charge < -0.3 is 16.0 Å². The largest absolute Gasteiger partial charge is 0.324 e. The van der Waals surface area contributed by atoms with Crippen LogP contribution in [0.1, 0.15) is 26.7 Å². The highest BCUT2D eigenvalue weighted by Gasteiger charge is 2.28. The molecule has 13 heavy (non-hydrogen) atoms. The first kappa shape index (κ1) is 11.0. The molecule has 0 atom stereocenters. The number of nitrogens with zero attached hydrogens (tertiary/aromatic N) is 1. The summed E-state index contributed by atoms with van der Waals surface area (Å²) in [5, 5.41) is 3.35. The highest BCUT2D eigenvalue weighted by molar-refractivity contribution is 4.91. The molecule has 0 bridgehead atoms. The number of likely N-dealkylation sites (N-methyl/N-ethyl adjacent to an activating group) is 1. The standard InChI is InChI=1S/C10H23N3/c1-3-13(4-2)9-10(11)5-7-12-8-6-10/h12H,3-9,11H2,1-2H3. The molecule has 1 fully saturated rings. The van der Waals surface area contributed by atoms with Gasteiger partial charge in [0.15, 0.2) is 0 Å². The number of hydrogen-bond donors (Lipinski definition) is 2. The number of rotatable bonds is 4. The Bertz CT molecular complexity index is 137. The fourth-order valence-electron chi connectivity index (χ4n) is 1.98. The summed E-state index contributed by atoms with van der Waals surface area (Å²) in [7, 11) is 0. The zero-order valence-corrected chi connectivity index (χ0v) is 8.97. The molecule has 78 valence electrons. The van der Waals surface area contributed by atoms with Gasteiger partial charge in [0.2, 0.25) is 0 Å². The molecule has 0 radical (unpaired) electrons. The Labute approximate surface area is 81.7 Å². The van der Waals surface area contributed by atoms with Crippen LogP contribution in [0.4, 0.5) is 0 Å². The Kier molecular flexibility index (Phi) is 4.16. The third kappa shape index (κ3) is 3.25. The third-order valence-electron chi connectivity index (χ3n) is 3.03. The summed E-state index contributed by atoms with van der Waals surface area (Å²) in [6, 6.07) is 0. The van der Waals surface area contributed by atoms with Crippen molar-refractivity contribution in [2.24, 2.45) is 5.73 Å². The first-order valence-corrected chi connectivity index (χ1v) is 5.42. The predicted molar refractivity (Wildman–Crippen MR) is 56.8 cm³/mol. The van der Waals surface area contributed by atoms with Gasteiger partial charge in [-0.3, -0.25) is 0 Å². The smallest absolute Gasteiger partial charge is 0.0307 e. The molecule has 0 aromatic carbocycles. The van der Waals surface area contributed by atoms with E-state index in [2.05, 4.69) is 24.1 Å². The second kappa shape index (κ2) is 4.94. The normalized spacial score (nSPS) is 22.2. The molecule has 0 spiro atoms. The minimum atomic E-state index is 0.0667. The SMILES string of the molecule is CCN(CC)CC1(N)CCNCC1. The van der Waals surface area contributed by atoms with Gasteiger partial charge in [-0.2, -0.15) is 0 Å². The average Bonchev–Trinajstić information content (AvgIpc) is 2.15. The lowest BCUT2D eigenvalue weighted by atomic mass is 9.89. The summed E-state index contributed by atoms with van der Waals surface area (Å²) < 4.78 is 0. The Morgan fingerprint density at radius 3 is 2.23 bits per heavy atom. The summed E-state index contributed by atoms with van der Waals surface area (Å²) in [5.74, 6) is 0. The summed E-state index contributed by atoms with van der Waals surface area (Å²) in [5.41, 5.74) is 6.40. The lowest BCUT2D eigenvalue weighted by molar-refractivity contribution is 0.190. The zero-order chi connectivity index (χ0) is 9.73. The van der Waals surface area contributed by atoms with E-state index < -0.39 is 0 Å². The molecular formula is C10H23N3. The van der Waals surface area contributed by atoms with Gasteiger partial charge in [-0.15, -0.1) is 0 Å². The zero-order valence-electron chi connectivity index (χ0n) is 8.97. The van der Waals surface area contributed by atoms with E-state index in [4.69, 9.17) is 5.73 Å². The molecule has 1 rings (SSSR count). The number of nitrogens with one attached hydrogen (secondary N) is 1. The van der Waals surface area contributed by atoms with Gasteiger partial charge in [0, 0.05) is 12.1 Å². The van der Waals surface area contributed by atoms with Gasteiger partial charge in [-0.1, -0.05) is 13.8 Å². The Morgan fingerprint density at radius 1 is 1.23 bits per heavy atom. The lowest BCUT2D eigenvalue weighted by Gasteiger charge is -2.37. The average molecular weight is 185 g/mol. The van der Waals surface area contributed by atoms with Crippen LogP contribution in [0, 0.1) is 0 Å². The van der Waals surface area contributed by atoms with Crippen molar-refractivity contribution < 1.29 is 0 Å². The van der Waals surface area contributed by atoms with Gasteiger partial charge >= 0.3 is 0 Å². The molecule has 1 saturated heterocycles. The van der Waals surface area contributed by atoms with Crippen LogP contribution in [0.15, 0.2) is 0 Å². The minimum Gasteiger partial charge on any atom is -0.324 e. The van der Waals surface area contributed by atoms with E-state index in [1.165, 1.54) is 0 Å². The monoisotopic (exact) mass is 185 g/mol. The topological polar surface area (TPSA) is 41.3 Å². The van der Waals surface area contributed by atoms with Crippen molar-refractivity contribution in [3.05, 3.63) is 0 Å². The van der Waals surface area contributed by atoms with Crippen LogP contribution in [0.2, 0.25) is 0 Å². The van der Waals surface area contributed by atoms with Crippen molar-refractivity contribution in [2.75, 3.05) is 32.7 Å². The highest BCUT2D eigenvalue weighted by Crippen LogP contribution is 2.16. The van der Waals surface area contributed by atoms with Crippen LogP contribution >= 0.6 is 0 Å². The molecule has 0 aromatic rings. The predicted octanol–water partition coefficient (Wildman–Crippen LogP) is 0.409. The van der Waals surface area contributed by atoms with Crippen molar-refractivity contribution in [2.45, 2.75) is 32.2 Å². The van der Waals surface area contributed by atoms with Gasteiger partial charge in [0.25, 0.3) is 0 Å². The molecule has 3 nitrogen and oxygen atoms in total. The molecule has 1 aliphatic rings. The third-order valence-corrected chi connectivity index (χ3v) is 3.03. The summed E-state index contributed by atoms with van der Waals surface area (Å²) in [6.45, 7) is 9.85. The van der Waals surface area contributed by atoms with Crippen molar-refractivity contribution >= 4 is 0 Å². The minimum absolute atomic E-state index is 0.0667. The van der Waals surface area contributed by atoms with Crippen LogP contribution in [-0.2, 0) is 0 Å². The van der Waals surface area contributed by atoms with Crippen molar-refractivity contribution in [3.63, 3.8) is 0 Å². The van der Waals surface area contributed by atoms with Gasteiger partial charge in [-0.25, -0.2) is 0 Å². The first-order chi connectivity index (χ1) is 6.20. The van der Waals surface area contributed by atoms with Crippen molar-refractivity contribution in [1.82, 2.24) is 10.2 Å². The van der Waals surface area contributed by atoms with Crippen LogP contribution in [0.5, 0.6) is 0 Å². The molecular weight excluding hydrogens is 162 g/mol. The van der Waals surface area contributed by atoms with Crippen LogP contribution in [0.25, 0.3) is 0 Å². The maximum atomic E-state index is 6.33. The van der Waals surface area contributed by atoms with Gasteiger partial charge in [0.05, 0.1) is 0 Å². The molecule has 0 unspecified atom stereocenters. The van der Waals surface area contributed by atoms with E-state index in [0.29, 0.717) is 0 Å². The fourth-order valence-corrected chi connectivity index (χ4v) is 1.98. The van der Waals surface area contributed by atoms with E-state index in [9.17, 15) is 0 Å². The summed E-state index contributed by atoms with van der Waals surface area (Å²) >= 11 is 0.